The van der Waals surface area contributed by atoms with Crippen LogP contribution in [0.1, 0.15) is 43.4 Å². The van der Waals surface area contributed by atoms with Crippen molar-refractivity contribution >= 4 is 5.91 Å². The van der Waals surface area contributed by atoms with Gasteiger partial charge in [0.25, 0.3) is 0 Å². The number of halogens is 1. The zero-order valence-corrected chi connectivity index (χ0v) is 17.3. The number of nitrogens with zero attached hydrogens (tertiary/aromatic N) is 2. The highest BCUT2D eigenvalue weighted by Gasteiger charge is 2.44. The molecule has 0 saturated heterocycles. The van der Waals surface area contributed by atoms with Crippen LogP contribution in [0.15, 0.2) is 65.2 Å². The Labute approximate surface area is 176 Å². The molecule has 0 unspecified atom stereocenters. The van der Waals surface area contributed by atoms with Crippen LogP contribution in [0, 0.1) is 5.82 Å². The molecular weight excluding hydrogens is 379 g/mol. The third-order valence-corrected chi connectivity index (χ3v) is 6.14. The Kier molecular flexibility index (Phi) is 5.98. The first-order valence-corrected chi connectivity index (χ1v) is 10.6. The van der Waals surface area contributed by atoms with Crippen molar-refractivity contribution < 1.29 is 13.7 Å². The summed E-state index contributed by atoms with van der Waals surface area (Å²) in [4.78, 5) is 15.2. The van der Waals surface area contributed by atoms with E-state index in [1.807, 2.05) is 49.5 Å². The number of carbonyl (C=O) groups is 1. The molecule has 4 nitrogen and oxygen atoms in total. The molecule has 3 aromatic rings. The standard InChI is InChI=1S/C25H27FN2O2/c1-28(16-8-13-22-18-23(27-30-22)19-9-3-2-4-10-19)24(29)25(14-5-6-15-25)20-11-7-12-21(26)17-20/h2-4,7,9-12,17-18H,5-6,8,13-16H2,1H3. The number of aromatic nitrogens is 1. The third kappa shape index (κ3) is 4.16. The molecule has 0 bridgehead atoms. The van der Waals surface area contributed by atoms with Crippen LogP contribution in [-0.4, -0.2) is 29.6 Å². The van der Waals surface area contributed by atoms with Crippen LogP contribution in [0.4, 0.5) is 4.39 Å². The van der Waals surface area contributed by atoms with Crippen LogP contribution in [0.2, 0.25) is 0 Å². The first-order chi connectivity index (χ1) is 14.6. The van der Waals surface area contributed by atoms with Crippen LogP contribution in [0.3, 0.4) is 0 Å². The number of rotatable bonds is 7. The van der Waals surface area contributed by atoms with E-state index >= 15 is 0 Å². The van der Waals surface area contributed by atoms with Gasteiger partial charge in [-0.05, 0) is 37.0 Å². The van der Waals surface area contributed by atoms with E-state index in [0.717, 1.165) is 54.7 Å². The highest BCUT2D eigenvalue weighted by molar-refractivity contribution is 5.88. The minimum Gasteiger partial charge on any atom is -0.361 e. The summed E-state index contributed by atoms with van der Waals surface area (Å²) in [7, 11) is 1.84. The fourth-order valence-corrected chi connectivity index (χ4v) is 4.52. The molecular formula is C25H27FN2O2. The molecule has 0 spiro atoms. The lowest BCUT2D eigenvalue weighted by Gasteiger charge is -2.33. The van der Waals surface area contributed by atoms with Gasteiger partial charge in [-0.15, -0.1) is 0 Å². The molecule has 1 fully saturated rings. The predicted octanol–water partition coefficient (Wildman–Crippen LogP) is 5.38. The van der Waals surface area contributed by atoms with Gasteiger partial charge in [0.1, 0.15) is 17.3 Å². The van der Waals surface area contributed by atoms with Gasteiger partial charge in [-0.1, -0.05) is 60.5 Å². The molecule has 1 heterocycles. The Morgan fingerprint density at radius 2 is 1.87 bits per heavy atom. The minimum atomic E-state index is -0.594. The molecule has 2 aromatic carbocycles. The predicted molar refractivity (Wildman–Crippen MR) is 114 cm³/mol. The number of aryl methyl sites for hydroxylation is 1. The third-order valence-electron chi connectivity index (χ3n) is 6.14. The Morgan fingerprint density at radius 3 is 2.60 bits per heavy atom. The molecule has 1 aliphatic carbocycles. The summed E-state index contributed by atoms with van der Waals surface area (Å²) >= 11 is 0. The Bertz CT molecular complexity index is 993. The topological polar surface area (TPSA) is 46.3 Å². The molecule has 1 aromatic heterocycles. The molecule has 30 heavy (non-hydrogen) atoms. The SMILES string of the molecule is CN(CCCc1cc(-c2ccccc2)no1)C(=O)C1(c2cccc(F)c2)CCCC1. The Morgan fingerprint density at radius 1 is 1.10 bits per heavy atom. The van der Waals surface area contributed by atoms with E-state index in [2.05, 4.69) is 5.16 Å². The summed E-state index contributed by atoms with van der Waals surface area (Å²) in [5.74, 6) is 0.623. The van der Waals surface area contributed by atoms with Gasteiger partial charge >= 0.3 is 0 Å². The monoisotopic (exact) mass is 406 g/mol. The van der Waals surface area contributed by atoms with Gasteiger partial charge < -0.3 is 9.42 Å². The van der Waals surface area contributed by atoms with Crippen LogP contribution < -0.4 is 0 Å². The summed E-state index contributed by atoms with van der Waals surface area (Å²) in [6.07, 6.45) is 5.05. The van der Waals surface area contributed by atoms with Crippen molar-refractivity contribution in [2.45, 2.75) is 43.9 Å². The molecule has 1 aliphatic rings. The van der Waals surface area contributed by atoms with Crippen molar-refractivity contribution in [2.24, 2.45) is 0 Å². The average Bonchev–Trinajstić information content (AvgIpc) is 3.44. The number of hydrogen-bond donors (Lipinski definition) is 0. The lowest BCUT2D eigenvalue weighted by molar-refractivity contribution is -0.136. The summed E-state index contributed by atoms with van der Waals surface area (Å²) < 4.78 is 19.3. The van der Waals surface area contributed by atoms with Gasteiger partial charge in [0.15, 0.2) is 0 Å². The lowest BCUT2D eigenvalue weighted by Crippen LogP contribution is -2.44. The largest absolute Gasteiger partial charge is 0.361 e. The quantitative estimate of drug-likeness (QED) is 0.529. The maximum atomic E-state index is 13.8. The molecule has 1 saturated carbocycles. The maximum absolute atomic E-state index is 13.8. The van der Waals surface area contributed by atoms with Crippen molar-refractivity contribution in [3.8, 4) is 11.3 Å². The molecule has 4 rings (SSSR count). The lowest BCUT2D eigenvalue weighted by atomic mass is 9.77. The number of amides is 1. The van der Waals surface area contributed by atoms with E-state index < -0.39 is 5.41 Å². The van der Waals surface area contributed by atoms with E-state index in [4.69, 9.17) is 4.52 Å². The number of hydrogen-bond acceptors (Lipinski definition) is 3. The van der Waals surface area contributed by atoms with E-state index in [1.54, 1.807) is 11.0 Å². The molecule has 0 atom stereocenters. The summed E-state index contributed by atoms with van der Waals surface area (Å²) in [6.45, 7) is 0.622. The molecule has 5 heteroatoms. The van der Waals surface area contributed by atoms with E-state index in [9.17, 15) is 9.18 Å². The summed E-state index contributed by atoms with van der Waals surface area (Å²) in [5, 5.41) is 4.15. The van der Waals surface area contributed by atoms with Crippen molar-refractivity contribution in [1.29, 1.82) is 0 Å². The Balaban J connectivity index is 1.38. The smallest absolute Gasteiger partial charge is 0.232 e. The second kappa shape index (κ2) is 8.82. The highest BCUT2D eigenvalue weighted by atomic mass is 19.1. The molecule has 156 valence electrons. The Hall–Kier alpha value is -2.95. The normalized spacial score (nSPS) is 15.3. The number of carbonyl (C=O) groups excluding carboxylic acids is 1. The molecule has 0 aliphatic heterocycles. The van der Waals surface area contributed by atoms with Gasteiger partial charge in [0, 0.05) is 31.6 Å². The van der Waals surface area contributed by atoms with E-state index in [1.165, 1.54) is 12.1 Å². The second-order valence-electron chi connectivity index (χ2n) is 8.17. The fourth-order valence-electron chi connectivity index (χ4n) is 4.52. The summed E-state index contributed by atoms with van der Waals surface area (Å²) in [6, 6.07) is 18.4. The van der Waals surface area contributed by atoms with Crippen molar-refractivity contribution in [3.63, 3.8) is 0 Å². The van der Waals surface area contributed by atoms with Gasteiger partial charge in [0.2, 0.25) is 5.91 Å². The minimum absolute atomic E-state index is 0.0909. The zero-order chi connectivity index (χ0) is 21.0. The highest BCUT2D eigenvalue weighted by Crippen LogP contribution is 2.42. The van der Waals surface area contributed by atoms with Crippen LogP contribution in [0.25, 0.3) is 11.3 Å². The zero-order valence-electron chi connectivity index (χ0n) is 17.3. The first-order valence-electron chi connectivity index (χ1n) is 10.6. The van der Waals surface area contributed by atoms with Crippen molar-refractivity contribution in [3.05, 3.63) is 77.8 Å². The van der Waals surface area contributed by atoms with E-state index in [0.29, 0.717) is 13.0 Å². The maximum Gasteiger partial charge on any atom is 0.232 e. The number of likely N-dealkylation sites (N-methyl/N-ethyl adjacent to an activating group) is 1. The molecule has 1 amide bonds. The van der Waals surface area contributed by atoms with Gasteiger partial charge in [-0.3, -0.25) is 4.79 Å². The second-order valence-corrected chi connectivity index (χ2v) is 8.17. The van der Waals surface area contributed by atoms with Crippen molar-refractivity contribution in [1.82, 2.24) is 10.1 Å². The van der Waals surface area contributed by atoms with Gasteiger partial charge in [0.05, 0.1) is 5.41 Å². The van der Waals surface area contributed by atoms with Crippen LogP contribution in [-0.2, 0) is 16.6 Å². The van der Waals surface area contributed by atoms with Crippen LogP contribution >= 0.6 is 0 Å². The molecule has 0 radical (unpaired) electrons. The van der Waals surface area contributed by atoms with Gasteiger partial charge in [-0.2, -0.15) is 0 Å². The van der Waals surface area contributed by atoms with Crippen LogP contribution in [0.5, 0.6) is 0 Å². The first kappa shape index (κ1) is 20.3. The fraction of sp³-hybridized carbons (Fsp3) is 0.360. The average molecular weight is 407 g/mol. The summed E-state index contributed by atoms with van der Waals surface area (Å²) in [5.41, 5.74) is 2.06. The molecule has 0 N–H and O–H groups in total. The van der Waals surface area contributed by atoms with Crippen molar-refractivity contribution in [2.75, 3.05) is 13.6 Å². The van der Waals surface area contributed by atoms with E-state index in [-0.39, 0.29) is 11.7 Å². The number of benzene rings is 2. The van der Waals surface area contributed by atoms with Gasteiger partial charge in [-0.25, -0.2) is 4.39 Å².